The average molecular weight is 278 g/mol. The number of rotatable bonds is 7. The minimum atomic E-state index is -0.0952. The van der Waals surface area contributed by atoms with Gasteiger partial charge in [-0.1, -0.05) is 6.07 Å². The predicted octanol–water partition coefficient (Wildman–Crippen LogP) is 1.88. The van der Waals surface area contributed by atoms with E-state index in [9.17, 15) is 4.79 Å². The van der Waals surface area contributed by atoms with Crippen molar-refractivity contribution >= 4 is 17.4 Å². The molecule has 0 atom stereocenters. The molecule has 2 aromatic heterocycles. The van der Waals surface area contributed by atoms with Gasteiger partial charge in [0.15, 0.2) is 0 Å². The van der Waals surface area contributed by atoms with E-state index in [-0.39, 0.29) is 6.03 Å². The van der Waals surface area contributed by atoms with Gasteiger partial charge >= 0.3 is 6.03 Å². The highest BCUT2D eigenvalue weighted by Crippen LogP contribution is 2.07. The Hall–Kier alpha value is -1.82. The van der Waals surface area contributed by atoms with E-state index in [1.807, 2.05) is 22.2 Å². The number of nitrogens with zero attached hydrogens (tertiary/aromatic N) is 2. The third-order valence-corrected chi connectivity index (χ3v) is 3.61. The first-order valence-corrected chi connectivity index (χ1v) is 7.22. The first-order chi connectivity index (χ1) is 9.34. The Bertz CT molecular complexity index is 467. The molecule has 2 aromatic rings. The third-order valence-electron chi connectivity index (χ3n) is 2.67. The van der Waals surface area contributed by atoms with Crippen molar-refractivity contribution in [1.29, 1.82) is 0 Å². The number of aromatic nitrogens is 2. The summed E-state index contributed by atoms with van der Waals surface area (Å²) in [6, 6.07) is 4.01. The second-order valence-corrected chi connectivity index (χ2v) is 5.20. The van der Waals surface area contributed by atoms with E-state index in [0.29, 0.717) is 13.1 Å². The highest BCUT2D eigenvalue weighted by molar-refractivity contribution is 7.09. The molecule has 2 N–H and O–H groups in total. The van der Waals surface area contributed by atoms with E-state index in [0.717, 1.165) is 19.4 Å². The van der Waals surface area contributed by atoms with Crippen molar-refractivity contribution in [1.82, 2.24) is 20.2 Å². The molecule has 0 radical (unpaired) electrons. The fourth-order valence-corrected chi connectivity index (χ4v) is 2.41. The lowest BCUT2D eigenvalue weighted by Crippen LogP contribution is -2.37. The van der Waals surface area contributed by atoms with Gasteiger partial charge in [0.05, 0.1) is 6.33 Å². The Balaban J connectivity index is 1.50. The zero-order valence-electron chi connectivity index (χ0n) is 10.7. The minimum absolute atomic E-state index is 0.0952. The summed E-state index contributed by atoms with van der Waals surface area (Å²) in [5, 5.41) is 7.74. The molecule has 0 aliphatic heterocycles. The van der Waals surface area contributed by atoms with Gasteiger partial charge in [-0.2, -0.15) is 0 Å². The fourth-order valence-electron chi connectivity index (χ4n) is 1.70. The maximum absolute atomic E-state index is 11.5. The van der Waals surface area contributed by atoms with Crippen molar-refractivity contribution in [3.8, 4) is 0 Å². The standard InChI is InChI=1S/C13H18N4OS/c18-13(16-6-4-12-3-1-10-19-12)15-5-2-8-17-9-7-14-11-17/h1,3,7,9-11H,2,4-6,8H2,(H2,15,16,18). The molecule has 19 heavy (non-hydrogen) atoms. The summed E-state index contributed by atoms with van der Waals surface area (Å²) >= 11 is 1.71. The van der Waals surface area contributed by atoms with E-state index >= 15 is 0 Å². The molecule has 102 valence electrons. The Kier molecular flexibility index (Phi) is 5.43. The molecule has 0 aliphatic rings. The van der Waals surface area contributed by atoms with Crippen molar-refractivity contribution in [2.24, 2.45) is 0 Å². The molecular weight excluding hydrogens is 260 g/mol. The van der Waals surface area contributed by atoms with Crippen LogP contribution in [0.2, 0.25) is 0 Å². The number of urea groups is 1. The Labute approximate surface area is 116 Å². The van der Waals surface area contributed by atoms with Gasteiger partial charge in [0.1, 0.15) is 0 Å². The van der Waals surface area contributed by atoms with Crippen LogP contribution in [0.25, 0.3) is 0 Å². The zero-order chi connectivity index (χ0) is 13.3. The van der Waals surface area contributed by atoms with Crippen LogP contribution in [0.5, 0.6) is 0 Å². The maximum atomic E-state index is 11.5. The summed E-state index contributed by atoms with van der Waals surface area (Å²) in [5.41, 5.74) is 0. The van der Waals surface area contributed by atoms with Crippen LogP contribution in [0.1, 0.15) is 11.3 Å². The van der Waals surface area contributed by atoms with Crippen molar-refractivity contribution < 1.29 is 4.79 Å². The van der Waals surface area contributed by atoms with Crippen molar-refractivity contribution in [3.05, 3.63) is 41.1 Å². The molecule has 5 nitrogen and oxygen atoms in total. The molecule has 2 rings (SSSR count). The first kappa shape index (κ1) is 13.6. The third kappa shape index (κ3) is 5.13. The van der Waals surface area contributed by atoms with E-state index in [4.69, 9.17) is 0 Å². The number of imidazole rings is 1. The number of nitrogens with one attached hydrogen (secondary N) is 2. The maximum Gasteiger partial charge on any atom is 0.314 e. The van der Waals surface area contributed by atoms with Crippen molar-refractivity contribution in [3.63, 3.8) is 0 Å². The molecule has 0 aromatic carbocycles. The SMILES string of the molecule is O=C(NCCCn1ccnc1)NCCc1cccs1. The van der Waals surface area contributed by atoms with Gasteiger partial charge in [-0.25, -0.2) is 9.78 Å². The van der Waals surface area contributed by atoms with Gasteiger partial charge in [0.25, 0.3) is 0 Å². The molecule has 2 amide bonds. The molecule has 2 heterocycles. The summed E-state index contributed by atoms with van der Waals surface area (Å²) in [6.45, 7) is 2.21. The Morgan fingerprint density at radius 3 is 3.00 bits per heavy atom. The average Bonchev–Trinajstić information content (AvgIpc) is 3.07. The van der Waals surface area contributed by atoms with Crippen LogP contribution < -0.4 is 10.6 Å². The normalized spacial score (nSPS) is 10.3. The minimum Gasteiger partial charge on any atom is -0.338 e. The summed E-state index contributed by atoms with van der Waals surface area (Å²) in [6.07, 6.45) is 7.24. The molecule has 0 unspecified atom stereocenters. The largest absolute Gasteiger partial charge is 0.338 e. The second kappa shape index (κ2) is 7.58. The van der Waals surface area contributed by atoms with Crippen LogP contribution in [0.15, 0.2) is 36.2 Å². The van der Waals surface area contributed by atoms with Gasteiger partial charge in [-0.05, 0) is 24.3 Å². The summed E-state index contributed by atoms with van der Waals surface area (Å²) < 4.78 is 2.00. The Morgan fingerprint density at radius 2 is 2.26 bits per heavy atom. The van der Waals surface area contributed by atoms with Gasteiger partial charge in [0.2, 0.25) is 0 Å². The van der Waals surface area contributed by atoms with Crippen LogP contribution in [0, 0.1) is 0 Å². The van der Waals surface area contributed by atoms with Crippen LogP contribution in [-0.4, -0.2) is 28.7 Å². The molecule has 0 saturated heterocycles. The lowest BCUT2D eigenvalue weighted by atomic mass is 10.3. The van der Waals surface area contributed by atoms with Crippen LogP contribution in [0.3, 0.4) is 0 Å². The first-order valence-electron chi connectivity index (χ1n) is 6.34. The lowest BCUT2D eigenvalue weighted by Gasteiger charge is -2.07. The smallest absolute Gasteiger partial charge is 0.314 e. The highest BCUT2D eigenvalue weighted by Gasteiger charge is 1.99. The van der Waals surface area contributed by atoms with E-state index in [1.165, 1.54) is 4.88 Å². The van der Waals surface area contributed by atoms with Crippen LogP contribution >= 0.6 is 11.3 Å². The van der Waals surface area contributed by atoms with E-state index in [2.05, 4.69) is 21.7 Å². The number of hydrogen-bond donors (Lipinski definition) is 2. The molecule has 0 saturated carbocycles. The van der Waals surface area contributed by atoms with Gasteiger partial charge in [0, 0.05) is 36.9 Å². The number of aryl methyl sites for hydroxylation is 1. The van der Waals surface area contributed by atoms with Gasteiger partial charge in [-0.3, -0.25) is 0 Å². The quantitative estimate of drug-likeness (QED) is 0.760. The van der Waals surface area contributed by atoms with E-state index in [1.54, 1.807) is 23.9 Å². The number of thiophene rings is 1. The lowest BCUT2D eigenvalue weighted by molar-refractivity contribution is 0.240. The Morgan fingerprint density at radius 1 is 1.37 bits per heavy atom. The van der Waals surface area contributed by atoms with Gasteiger partial charge < -0.3 is 15.2 Å². The zero-order valence-corrected chi connectivity index (χ0v) is 11.5. The number of carbonyl (C=O) groups excluding carboxylic acids is 1. The van der Waals surface area contributed by atoms with Crippen LogP contribution in [-0.2, 0) is 13.0 Å². The highest BCUT2D eigenvalue weighted by atomic mass is 32.1. The summed E-state index contributed by atoms with van der Waals surface area (Å²) in [5.74, 6) is 0. The molecule has 0 bridgehead atoms. The van der Waals surface area contributed by atoms with Crippen molar-refractivity contribution in [2.75, 3.05) is 13.1 Å². The molecule has 0 aliphatic carbocycles. The van der Waals surface area contributed by atoms with Gasteiger partial charge in [-0.15, -0.1) is 11.3 Å². The molecule has 0 fully saturated rings. The number of carbonyl (C=O) groups is 1. The van der Waals surface area contributed by atoms with Crippen LogP contribution in [0.4, 0.5) is 4.79 Å². The molecular formula is C13H18N4OS. The topological polar surface area (TPSA) is 59.0 Å². The number of hydrogen-bond acceptors (Lipinski definition) is 3. The fraction of sp³-hybridized carbons (Fsp3) is 0.385. The molecule has 0 spiro atoms. The monoisotopic (exact) mass is 278 g/mol. The summed E-state index contributed by atoms with van der Waals surface area (Å²) in [4.78, 5) is 16.8. The van der Waals surface area contributed by atoms with E-state index < -0.39 is 0 Å². The predicted molar refractivity (Wildman–Crippen MR) is 76.3 cm³/mol. The summed E-state index contributed by atoms with van der Waals surface area (Å²) in [7, 11) is 0. The molecule has 6 heteroatoms. The van der Waals surface area contributed by atoms with Crippen molar-refractivity contribution in [2.45, 2.75) is 19.4 Å². The second-order valence-electron chi connectivity index (χ2n) is 4.17. The number of amides is 2.